The van der Waals surface area contributed by atoms with Crippen molar-refractivity contribution in [2.45, 2.75) is 26.3 Å². The zero-order chi connectivity index (χ0) is 11.6. The van der Waals surface area contributed by atoms with E-state index in [1.165, 1.54) is 0 Å². The number of rotatable bonds is 3. The second-order valence-electron chi connectivity index (χ2n) is 4.52. The quantitative estimate of drug-likeness (QED) is 0.744. The smallest absolute Gasteiger partial charge is 0.0658 e. The molecular weight excluding hydrogens is 188 g/mol. The Kier molecular flexibility index (Phi) is 3.25. The third kappa shape index (κ3) is 2.23. The lowest BCUT2D eigenvalue weighted by atomic mass is 10.0. The summed E-state index contributed by atoms with van der Waals surface area (Å²) in [6, 6.07) is 5.84. The summed E-state index contributed by atoms with van der Waals surface area (Å²) in [4.78, 5) is 2.05. The van der Waals surface area contributed by atoms with Crippen molar-refractivity contribution in [1.82, 2.24) is 0 Å². The van der Waals surface area contributed by atoms with Gasteiger partial charge in [-0.15, -0.1) is 0 Å². The third-order valence-corrected chi connectivity index (χ3v) is 3.00. The molecule has 3 nitrogen and oxygen atoms in total. The second kappa shape index (κ2) is 4.11. The Balaban J connectivity index is 3.12. The van der Waals surface area contributed by atoms with E-state index in [4.69, 9.17) is 5.73 Å². The van der Waals surface area contributed by atoms with Crippen LogP contribution in [0.3, 0.4) is 0 Å². The number of hydrogen-bond acceptors (Lipinski definition) is 3. The van der Waals surface area contributed by atoms with Gasteiger partial charge in [0.2, 0.25) is 0 Å². The molecule has 84 valence electrons. The van der Waals surface area contributed by atoms with Gasteiger partial charge in [-0.2, -0.15) is 0 Å². The number of nitrogens with zero attached hydrogens (tertiary/aromatic N) is 1. The first kappa shape index (κ1) is 11.9. The molecule has 0 bridgehead atoms. The lowest BCUT2D eigenvalue weighted by Gasteiger charge is -2.37. The molecule has 1 aromatic carbocycles. The maximum absolute atomic E-state index is 9.31. The van der Waals surface area contributed by atoms with Gasteiger partial charge in [-0.05, 0) is 38.5 Å². The van der Waals surface area contributed by atoms with Crippen LogP contribution in [0.4, 0.5) is 11.4 Å². The zero-order valence-corrected chi connectivity index (χ0v) is 9.91. The number of aliphatic hydroxyl groups is 1. The predicted octanol–water partition coefficient (Wildman–Crippen LogP) is 1.78. The molecule has 0 unspecified atom stereocenters. The molecule has 0 heterocycles. The van der Waals surface area contributed by atoms with Gasteiger partial charge in [0.15, 0.2) is 0 Å². The second-order valence-corrected chi connectivity index (χ2v) is 4.52. The molecule has 0 aromatic heterocycles. The van der Waals surface area contributed by atoms with E-state index in [1.54, 1.807) is 0 Å². The van der Waals surface area contributed by atoms with Crippen molar-refractivity contribution < 1.29 is 5.11 Å². The number of nitrogens with two attached hydrogens (primary N) is 1. The molecule has 15 heavy (non-hydrogen) atoms. The van der Waals surface area contributed by atoms with Crippen LogP contribution in [0, 0.1) is 6.92 Å². The lowest BCUT2D eigenvalue weighted by Crippen LogP contribution is -2.44. The number of benzene rings is 1. The maximum Gasteiger partial charge on any atom is 0.0658 e. The number of likely N-dealkylation sites (N-methyl/N-ethyl adjacent to an activating group) is 1. The van der Waals surface area contributed by atoms with Crippen LogP contribution in [0.5, 0.6) is 0 Å². The van der Waals surface area contributed by atoms with E-state index in [2.05, 4.69) is 4.90 Å². The average molecular weight is 208 g/mol. The molecule has 0 saturated carbocycles. The van der Waals surface area contributed by atoms with E-state index < -0.39 is 0 Å². The van der Waals surface area contributed by atoms with Gasteiger partial charge in [-0.3, -0.25) is 0 Å². The minimum Gasteiger partial charge on any atom is -0.398 e. The molecule has 0 aliphatic rings. The highest BCUT2D eigenvalue weighted by molar-refractivity contribution is 5.64. The van der Waals surface area contributed by atoms with Crippen molar-refractivity contribution >= 4 is 11.4 Å². The minimum absolute atomic E-state index is 0.109. The molecule has 0 saturated heterocycles. The van der Waals surface area contributed by atoms with Gasteiger partial charge in [0.05, 0.1) is 12.1 Å². The molecule has 0 atom stereocenters. The number of anilines is 2. The highest BCUT2D eigenvalue weighted by Gasteiger charge is 2.23. The lowest BCUT2D eigenvalue weighted by molar-refractivity contribution is 0.216. The summed E-state index contributed by atoms with van der Waals surface area (Å²) in [5, 5.41) is 9.31. The van der Waals surface area contributed by atoms with E-state index in [9.17, 15) is 5.11 Å². The van der Waals surface area contributed by atoms with Crippen molar-refractivity contribution in [3.8, 4) is 0 Å². The van der Waals surface area contributed by atoms with Crippen molar-refractivity contribution in [2.24, 2.45) is 0 Å². The molecule has 3 N–H and O–H groups in total. The van der Waals surface area contributed by atoms with Gasteiger partial charge in [-0.1, -0.05) is 6.07 Å². The molecule has 0 fully saturated rings. The summed E-state index contributed by atoms with van der Waals surface area (Å²) in [6.45, 7) is 6.09. The van der Waals surface area contributed by atoms with Gasteiger partial charge in [0.25, 0.3) is 0 Å². The first-order valence-corrected chi connectivity index (χ1v) is 5.10. The molecule has 0 aliphatic carbocycles. The Labute approximate surface area is 91.5 Å². The summed E-state index contributed by atoms with van der Waals surface area (Å²) in [5.74, 6) is 0. The minimum atomic E-state index is -0.279. The summed E-state index contributed by atoms with van der Waals surface area (Å²) in [7, 11) is 1.97. The van der Waals surface area contributed by atoms with Gasteiger partial charge < -0.3 is 15.7 Å². The summed E-state index contributed by atoms with van der Waals surface area (Å²) < 4.78 is 0. The van der Waals surface area contributed by atoms with Crippen molar-refractivity contribution in [1.29, 1.82) is 0 Å². The van der Waals surface area contributed by atoms with Crippen LogP contribution in [0.2, 0.25) is 0 Å². The zero-order valence-electron chi connectivity index (χ0n) is 9.91. The SMILES string of the molecule is Cc1c(N)cccc1N(C)C(C)(C)CO. The van der Waals surface area contributed by atoms with Crippen LogP contribution in [0.15, 0.2) is 18.2 Å². The van der Waals surface area contributed by atoms with Crippen molar-refractivity contribution in [3.05, 3.63) is 23.8 Å². The van der Waals surface area contributed by atoms with Gasteiger partial charge in [0.1, 0.15) is 0 Å². The third-order valence-electron chi connectivity index (χ3n) is 3.00. The summed E-state index contributed by atoms with van der Waals surface area (Å²) in [5.41, 5.74) is 8.48. The normalized spacial score (nSPS) is 11.5. The van der Waals surface area contributed by atoms with Gasteiger partial charge >= 0.3 is 0 Å². The van der Waals surface area contributed by atoms with Crippen LogP contribution in [0.25, 0.3) is 0 Å². The molecule has 1 aromatic rings. The monoisotopic (exact) mass is 208 g/mol. The van der Waals surface area contributed by atoms with E-state index in [1.807, 2.05) is 46.0 Å². The Morgan fingerprint density at radius 2 is 2.00 bits per heavy atom. The van der Waals surface area contributed by atoms with Crippen molar-refractivity contribution in [2.75, 3.05) is 24.3 Å². The molecule has 1 rings (SSSR count). The van der Waals surface area contributed by atoms with Gasteiger partial charge in [-0.25, -0.2) is 0 Å². The average Bonchev–Trinajstić information content (AvgIpc) is 2.21. The fraction of sp³-hybridized carbons (Fsp3) is 0.500. The summed E-state index contributed by atoms with van der Waals surface area (Å²) >= 11 is 0. The fourth-order valence-electron chi connectivity index (χ4n) is 1.44. The van der Waals surface area contributed by atoms with Crippen LogP contribution in [-0.2, 0) is 0 Å². The first-order chi connectivity index (χ1) is 6.90. The van der Waals surface area contributed by atoms with E-state index in [-0.39, 0.29) is 12.1 Å². The molecule has 0 radical (unpaired) electrons. The Hall–Kier alpha value is -1.22. The molecular formula is C12H20N2O. The maximum atomic E-state index is 9.31. The number of nitrogen functional groups attached to an aromatic ring is 1. The predicted molar refractivity (Wildman–Crippen MR) is 65.2 cm³/mol. The number of hydrogen-bond donors (Lipinski definition) is 2. The topological polar surface area (TPSA) is 49.5 Å². The fourth-order valence-corrected chi connectivity index (χ4v) is 1.44. The Bertz CT molecular complexity index is 347. The van der Waals surface area contributed by atoms with Gasteiger partial charge in [0, 0.05) is 18.4 Å². The number of aliphatic hydroxyl groups excluding tert-OH is 1. The standard InChI is InChI=1S/C12H20N2O/c1-9-10(13)6-5-7-11(9)14(4)12(2,3)8-15/h5-7,15H,8,13H2,1-4H3. The Morgan fingerprint density at radius 1 is 1.40 bits per heavy atom. The van der Waals surface area contributed by atoms with Crippen LogP contribution in [0.1, 0.15) is 19.4 Å². The molecule has 0 spiro atoms. The highest BCUT2D eigenvalue weighted by Crippen LogP contribution is 2.28. The molecule has 0 amide bonds. The van der Waals surface area contributed by atoms with Crippen LogP contribution >= 0.6 is 0 Å². The molecule has 0 aliphatic heterocycles. The highest BCUT2D eigenvalue weighted by atomic mass is 16.3. The Morgan fingerprint density at radius 3 is 2.53 bits per heavy atom. The molecule has 3 heteroatoms. The largest absolute Gasteiger partial charge is 0.398 e. The van der Waals surface area contributed by atoms with E-state index in [0.29, 0.717) is 0 Å². The van der Waals surface area contributed by atoms with Crippen LogP contribution < -0.4 is 10.6 Å². The van der Waals surface area contributed by atoms with Crippen LogP contribution in [-0.4, -0.2) is 24.3 Å². The van der Waals surface area contributed by atoms with E-state index >= 15 is 0 Å². The van der Waals surface area contributed by atoms with E-state index in [0.717, 1.165) is 16.9 Å². The van der Waals surface area contributed by atoms with Crippen molar-refractivity contribution in [3.63, 3.8) is 0 Å². The summed E-state index contributed by atoms with van der Waals surface area (Å²) in [6.07, 6.45) is 0. The first-order valence-electron chi connectivity index (χ1n) is 5.10.